The van der Waals surface area contributed by atoms with E-state index < -0.39 is 0 Å². The lowest BCUT2D eigenvalue weighted by molar-refractivity contribution is 0.414. The average molecular weight is 301 g/mol. The van der Waals surface area contributed by atoms with Crippen LogP contribution in [0.3, 0.4) is 0 Å². The van der Waals surface area contributed by atoms with Crippen LogP contribution in [0.1, 0.15) is 0 Å². The third kappa shape index (κ3) is 2.90. The highest BCUT2D eigenvalue weighted by Crippen LogP contribution is 2.32. The Morgan fingerprint density at radius 3 is 2.62 bits per heavy atom. The molecule has 0 aliphatic heterocycles. The third-order valence-electron chi connectivity index (χ3n) is 3.02. The summed E-state index contributed by atoms with van der Waals surface area (Å²) in [5.74, 6) is 1.53. The van der Waals surface area contributed by atoms with Crippen molar-refractivity contribution in [2.75, 3.05) is 20.0 Å². The van der Waals surface area contributed by atoms with Gasteiger partial charge in [0.15, 0.2) is 5.16 Å². The van der Waals surface area contributed by atoms with Crippen LogP contribution in [0.5, 0.6) is 11.5 Å². The summed E-state index contributed by atoms with van der Waals surface area (Å²) in [5, 5.41) is 0.797. The zero-order valence-electron chi connectivity index (χ0n) is 11.7. The first-order valence-electron chi connectivity index (χ1n) is 6.34. The molecule has 0 fully saturated rings. The first-order valence-corrected chi connectivity index (χ1v) is 7.16. The van der Waals surface area contributed by atoms with Crippen molar-refractivity contribution >= 4 is 28.5 Å². The molecule has 0 saturated carbocycles. The molecule has 0 bridgehead atoms. The largest absolute Gasteiger partial charge is 0.497 e. The molecule has 0 radical (unpaired) electrons. The molecular weight excluding hydrogens is 286 g/mol. The lowest BCUT2D eigenvalue weighted by Crippen LogP contribution is -1.89. The van der Waals surface area contributed by atoms with Crippen LogP contribution in [-0.4, -0.2) is 24.2 Å². The van der Waals surface area contributed by atoms with Gasteiger partial charge in [-0.05, 0) is 24.3 Å². The molecule has 3 N–H and O–H groups in total. The highest BCUT2D eigenvalue weighted by Gasteiger charge is 2.07. The maximum absolute atomic E-state index is 5.86. The molecule has 108 valence electrons. The molecule has 5 nitrogen and oxygen atoms in total. The van der Waals surface area contributed by atoms with E-state index in [0.29, 0.717) is 5.69 Å². The van der Waals surface area contributed by atoms with Crippen molar-refractivity contribution in [3.63, 3.8) is 0 Å². The quantitative estimate of drug-likeness (QED) is 0.723. The summed E-state index contributed by atoms with van der Waals surface area (Å²) in [6.07, 6.45) is 0. The third-order valence-corrected chi connectivity index (χ3v) is 3.88. The Balaban J connectivity index is 1.92. The van der Waals surface area contributed by atoms with Crippen LogP contribution >= 0.6 is 11.8 Å². The molecule has 1 aromatic heterocycles. The van der Waals surface area contributed by atoms with Crippen molar-refractivity contribution in [1.82, 2.24) is 9.97 Å². The molecule has 0 atom stereocenters. The summed E-state index contributed by atoms with van der Waals surface area (Å²) in [5.41, 5.74) is 8.36. The number of nitrogens with zero attached hydrogens (tertiary/aromatic N) is 1. The maximum Gasteiger partial charge on any atom is 0.171 e. The Bertz CT molecular complexity index is 786. The molecular formula is C15H15N3O2S. The molecule has 0 saturated heterocycles. The second-order valence-corrected chi connectivity index (χ2v) is 5.53. The molecule has 0 amide bonds. The van der Waals surface area contributed by atoms with Crippen molar-refractivity contribution in [3.8, 4) is 11.5 Å². The van der Waals surface area contributed by atoms with Crippen LogP contribution < -0.4 is 15.2 Å². The van der Waals surface area contributed by atoms with Crippen LogP contribution in [0.25, 0.3) is 11.0 Å². The molecule has 2 aromatic carbocycles. The molecule has 6 heteroatoms. The predicted molar refractivity (Wildman–Crippen MR) is 84.2 cm³/mol. The van der Waals surface area contributed by atoms with Crippen molar-refractivity contribution in [3.05, 3.63) is 36.4 Å². The van der Waals surface area contributed by atoms with Gasteiger partial charge in [0.2, 0.25) is 0 Å². The maximum atomic E-state index is 5.86. The Morgan fingerprint density at radius 1 is 1.05 bits per heavy atom. The minimum atomic E-state index is 0.662. The van der Waals surface area contributed by atoms with E-state index in [1.54, 1.807) is 20.3 Å². The van der Waals surface area contributed by atoms with Crippen molar-refractivity contribution in [2.24, 2.45) is 0 Å². The van der Waals surface area contributed by atoms with Gasteiger partial charge in [-0.2, -0.15) is 0 Å². The van der Waals surface area contributed by atoms with E-state index in [4.69, 9.17) is 15.2 Å². The number of fused-ring (bicyclic) bond motifs is 1. The highest BCUT2D eigenvalue weighted by molar-refractivity contribution is 7.99. The van der Waals surface area contributed by atoms with E-state index in [1.165, 1.54) is 11.8 Å². The van der Waals surface area contributed by atoms with Crippen LogP contribution in [-0.2, 0) is 0 Å². The summed E-state index contributed by atoms with van der Waals surface area (Å²) >= 11 is 1.50. The minimum Gasteiger partial charge on any atom is -0.497 e. The van der Waals surface area contributed by atoms with Crippen LogP contribution in [0.2, 0.25) is 0 Å². The number of hydrogen-bond donors (Lipinski definition) is 2. The van der Waals surface area contributed by atoms with E-state index in [-0.39, 0.29) is 0 Å². The van der Waals surface area contributed by atoms with E-state index in [2.05, 4.69) is 9.97 Å². The monoisotopic (exact) mass is 301 g/mol. The fraction of sp³-hybridized carbons (Fsp3) is 0.133. The number of methoxy groups -OCH3 is 2. The number of imidazole rings is 1. The molecule has 0 spiro atoms. The van der Waals surface area contributed by atoms with Gasteiger partial charge in [0, 0.05) is 22.7 Å². The van der Waals surface area contributed by atoms with E-state index in [1.807, 2.05) is 30.3 Å². The lowest BCUT2D eigenvalue weighted by Gasteiger charge is -2.04. The molecule has 0 aliphatic carbocycles. The summed E-state index contributed by atoms with van der Waals surface area (Å²) < 4.78 is 10.4. The molecule has 3 rings (SSSR count). The molecule has 0 aliphatic rings. The zero-order chi connectivity index (χ0) is 14.8. The van der Waals surface area contributed by atoms with Gasteiger partial charge in [-0.15, -0.1) is 0 Å². The normalized spacial score (nSPS) is 10.8. The van der Waals surface area contributed by atoms with Crippen molar-refractivity contribution in [1.29, 1.82) is 0 Å². The second-order valence-electron chi connectivity index (χ2n) is 4.47. The standard InChI is InChI=1S/C15H15N3O2S/c1-19-10-3-4-13-14(8-10)18-15(17-13)21-12-6-9(16)5-11(7-12)20-2/h3-8H,16H2,1-2H3,(H,17,18). The van der Waals surface area contributed by atoms with Crippen LogP contribution in [0.15, 0.2) is 46.5 Å². The first kappa shape index (κ1) is 13.6. The van der Waals surface area contributed by atoms with Gasteiger partial charge < -0.3 is 20.2 Å². The van der Waals surface area contributed by atoms with Gasteiger partial charge in [0.05, 0.1) is 25.3 Å². The highest BCUT2D eigenvalue weighted by atomic mass is 32.2. The van der Waals surface area contributed by atoms with Gasteiger partial charge in [-0.3, -0.25) is 0 Å². The Morgan fingerprint density at radius 2 is 1.86 bits per heavy atom. The van der Waals surface area contributed by atoms with E-state index in [9.17, 15) is 0 Å². The number of hydrogen-bond acceptors (Lipinski definition) is 5. The van der Waals surface area contributed by atoms with E-state index in [0.717, 1.165) is 32.6 Å². The van der Waals surface area contributed by atoms with Crippen LogP contribution in [0.4, 0.5) is 5.69 Å². The zero-order valence-corrected chi connectivity index (χ0v) is 12.5. The number of benzene rings is 2. The summed E-state index contributed by atoms with van der Waals surface area (Å²) in [7, 11) is 3.27. The minimum absolute atomic E-state index is 0.662. The smallest absolute Gasteiger partial charge is 0.171 e. The number of rotatable bonds is 4. The van der Waals surface area contributed by atoms with E-state index >= 15 is 0 Å². The SMILES string of the molecule is COc1cc(N)cc(Sc2nc3ccc(OC)cc3[nH]2)c1. The van der Waals surface area contributed by atoms with Crippen LogP contribution in [0, 0.1) is 0 Å². The summed E-state index contributed by atoms with van der Waals surface area (Å²) in [6, 6.07) is 11.3. The Labute approximate surface area is 126 Å². The number of ether oxygens (including phenoxy) is 2. The van der Waals surface area contributed by atoms with Crippen molar-refractivity contribution < 1.29 is 9.47 Å². The second kappa shape index (κ2) is 5.57. The van der Waals surface area contributed by atoms with Gasteiger partial charge in [-0.25, -0.2) is 4.98 Å². The topological polar surface area (TPSA) is 73.2 Å². The number of nitrogens with two attached hydrogens (primary N) is 1. The molecule has 3 aromatic rings. The predicted octanol–water partition coefficient (Wildman–Crippen LogP) is 3.31. The number of aromatic nitrogens is 2. The molecule has 0 unspecified atom stereocenters. The van der Waals surface area contributed by atoms with Gasteiger partial charge in [-0.1, -0.05) is 11.8 Å². The summed E-state index contributed by atoms with van der Waals surface area (Å²) in [4.78, 5) is 8.77. The Kier molecular flexibility index (Phi) is 3.62. The fourth-order valence-corrected chi connectivity index (χ4v) is 2.92. The van der Waals surface area contributed by atoms with Gasteiger partial charge in [0.25, 0.3) is 0 Å². The lowest BCUT2D eigenvalue weighted by atomic mass is 10.3. The average Bonchev–Trinajstić information content (AvgIpc) is 2.87. The first-order chi connectivity index (χ1) is 10.2. The number of H-pyrrole nitrogens is 1. The van der Waals surface area contributed by atoms with Gasteiger partial charge in [0.1, 0.15) is 11.5 Å². The number of anilines is 1. The number of nitrogen functional groups attached to an aromatic ring is 1. The van der Waals surface area contributed by atoms with Gasteiger partial charge >= 0.3 is 0 Å². The molecule has 21 heavy (non-hydrogen) atoms. The number of aromatic amines is 1. The molecule has 1 heterocycles. The number of nitrogens with one attached hydrogen (secondary N) is 1. The Hall–Kier alpha value is -2.34. The fourth-order valence-electron chi connectivity index (χ4n) is 2.02. The van der Waals surface area contributed by atoms with Crippen molar-refractivity contribution in [2.45, 2.75) is 10.1 Å². The summed E-state index contributed by atoms with van der Waals surface area (Å²) in [6.45, 7) is 0.